The van der Waals surface area contributed by atoms with Crippen LogP contribution in [0.25, 0.3) is 0 Å². The van der Waals surface area contributed by atoms with E-state index in [0.717, 1.165) is 24.6 Å². The predicted molar refractivity (Wildman–Crippen MR) is 39.6 cm³/mol. The Kier molecular flexibility index (Phi) is 15.6. The average molecular weight is 208 g/mol. The summed E-state index contributed by atoms with van der Waals surface area (Å²) >= 11 is 4.51. The van der Waals surface area contributed by atoms with E-state index in [1.165, 1.54) is 0 Å². The van der Waals surface area contributed by atoms with Crippen molar-refractivity contribution in [3.05, 3.63) is 0 Å². The van der Waals surface area contributed by atoms with E-state index in [1.807, 2.05) is 13.8 Å². The van der Waals surface area contributed by atoms with Crippen LogP contribution in [0, 0.1) is 0 Å². The molecule has 0 atom stereocenters. The first-order valence-electron chi connectivity index (χ1n) is 3.89. The summed E-state index contributed by atoms with van der Waals surface area (Å²) in [5.41, 5.74) is 0. The van der Waals surface area contributed by atoms with Crippen LogP contribution >= 0.6 is 0 Å². The molecule has 0 unspecified atom stereocenters. The molecule has 11 heavy (non-hydrogen) atoms. The molecule has 0 N–H and O–H groups in total. The molecule has 0 amide bonds. The number of carboxylic acids is 1. The van der Waals surface area contributed by atoms with Gasteiger partial charge in [0, 0.05) is 5.97 Å². The third-order valence-corrected chi connectivity index (χ3v) is 0.984. The number of carbonyl (C=O) groups is 1. The van der Waals surface area contributed by atoms with Gasteiger partial charge in [-0.1, -0.05) is 19.8 Å². The van der Waals surface area contributed by atoms with Crippen LogP contribution in [-0.4, -0.2) is 5.97 Å². The van der Waals surface area contributed by atoms with E-state index < -0.39 is 5.97 Å². The van der Waals surface area contributed by atoms with Crippen LogP contribution < -0.4 is 5.11 Å². The van der Waals surface area contributed by atoms with Gasteiger partial charge in [0.25, 0.3) is 0 Å². The third kappa shape index (κ3) is 25.6. The Labute approximate surface area is 77.2 Å². The molecule has 0 spiro atoms. The van der Waals surface area contributed by atoms with Crippen molar-refractivity contribution in [2.75, 3.05) is 0 Å². The molecular formula is C8H16CuO2. The second-order valence-electron chi connectivity index (χ2n) is 2.04. The summed E-state index contributed by atoms with van der Waals surface area (Å²) in [6, 6.07) is 0. The molecule has 71 valence electrons. The van der Waals surface area contributed by atoms with Crippen LogP contribution in [0.3, 0.4) is 0 Å². The summed E-state index contributed by atoms with van der Waals surface area (Å²) in [6.45, 7) is 3.97. The van der Waals surface area contributed by atoms with Crippen molar-refractivity contribution in [2.24, 2.45) is 0 Å². The van der Waals surface area contributed by atoms with Crippen LogP contribution in [0.2, 0.25) is 5.32 Å². The predicted octanol–water partition coefficient (Wildman–Crippen LogP) is 1.29. The van der Waals surface area contributed by atoms with Crippen LogP contribution in [-0.2, 0) is 20.8 Å². The van der Waals surface area contributed by atoms with Crippen molar-refractivity contribution in [2.45, 2.75) is 44.9 Å². The molecule has 0 aromatic rings. The molecule has 0 saturated carbocycles. The number of carbonyl (C=O) groups excluding carboxylic acids is 1. The fourth-order valence-electron chi connectivity index (χ4n) is 0.519. The molecule has 0 rings (SSSR count). The minimum atomic E-state index is -0.932. The Morgan fingerprint density at radius 3 is 2.09 bits per heavy atom. The Bertz CT molecular complexity index is 84.2. The summed E-state index contributed by atoms with van der Waals surface area (Å²) in [7, 11) is 0. The van der Waals surface area contributed by atoms with E-state index >= 15 is 0 Å². The first kappa shape index (κ1) is 13.6. The second kappa shape index (κ2) is 12.6. The summed E-state index contributed by atoms with van der Waals surface area (Å²) in [5.74, 6) is -0.932. The zero-order chi connectivity index (χ0) is 9.11. The molecule has 0 radical (unpaired) electrons. The van der Waals surface area contributed by atoms with E-state index in [9.17, 15) is 9.90 Å². The quantitative estimate of drug-likeness (QED) is 0.515. The van der Waals surface area contributed by atoms with E-state index in [4.69, 9.17) is 0 Å². The van der Waals surface area contributed by atoms with Crippen LogP contribution in [0.15, 0.2) is 0 Å². The summed E-state index contributed by atoms with van der Waals surface area (Å²) in [5, 5.41) is 10.6. The zero-order valence-corrected chi connectivity index (χ0v) is 8.10. The van der Waals surface area contributed by atoms with Gasteiger partial charge < -0.3 is 9.90 Å². The molecule has 0 aromatic carbocycles. The van der Waals surface area contributed by atoms with Crippen molar-refractivity contribution in [3.8, 4) is 0 Å². The van der Waals surface area contributed by atoms with Gasteiger partial charge in [0.05, 0.1) is 0 Å². The molecule has 0 aliphatic heterocycles. The Morgan fingerprint density at radius 2 is 1.82 bits per heavy atom. The maximum absolute atomic E-state index is 9.76. The number of hydrogen-bond donors (Lipinski definition) is 0. The first-order chi connectivity index (χ1) is 5.18. The SMILES string of the molecule is CCCCCC(=O)[O-].C[CH2][Cu+]. The normalized spacial score (nSPS) is 8.36. The third-order valence-electron chi connectivity index (χ3n) is 0.984. The molecule has 2 nitrogen and oxygen atoms in total. The molecule has 0 fully saturated rings. The number of hydrogen-bond acceptors (Lipinski definition) is 2. The van der Waals surface area contributed by atoms with Crippen molar-refractivity contribution in [1.29, 1.82) is 0 Å². The molecule has 0 bridgehead atoms. The van der Waals surface area contributed by atoms with Crippen LogP contribution in [0.1, 0.15) is 39.5 Å². The van der Waals surface area contributed by atoms with Gasteiger partial charge in [-0.2, -0.15) is 0 Å². The molecule has 0 saturated heterocycles. The molecule has 0 aromatic heterocycles. The fraction of sp³-hybridized carbons (Fsp3) is 0.875. The van der Waals surface area contributed by atoms with Gasteiger partial charge in [0.15, 0.2) is 0 Å². The van der Waals surface area contributed by atoms with Gasteiger partial charge in [0.1, 0.15) is 0 Å². The van der Waals surface area contributed by atoms with Crippen molar-refractivity contribution < 1.29 is 25.9 Å². The van der Waals surface area contributed by atoms with Crippen molar-refractivity contribution in [3.63, 3.8) is 0 Å². The van der Waals surface area contributed by atoms with Crippen molar-refractivity contribution in [1.82, 2.24) is 0 Å². The fourth-order valence-corrected chi connectivity index (χ4v) is 0.519. The Morgan fingerprint density at radius 1 is 1.36 bits per heavy atom. The van der Waals surface area contributed by atoms with Crippen LogP contribution in [0.5, 0.6) is 0 Å². The molecule has 0 aliphatic rings. The Balaban J connectivity index is 0. The first-order valence-corrected chi connectivity index (χ1v) is 4.56. The Hall–Kier alpha value is -0.0105. The van der Waals surface area contributed by atoms with Gasteiger partial charge in [-0.15, -0.1) is 0 Å². The topological polar surface area (TPSA) is 40.1 Å². The molecule has 0 aliphatic carbocycles. The molecular weight excluding hydrogens is 192 g/mol. The van der Waals surface area contributed by atoms with Gasteiger partial charge in [0.2, 0.25) is 0 Å². The summed E-state index contributed by atoms with van der Waals surface area (Å²) in [6.07, 6.45) is 3.04. The number of aliphatic carboxylic acids is 1. The van der Waals surface area contributed by atoms with E-state index in [1.54, 1.807) is 0 Å². The summed E-state index contributed by atoms with van der Waals surface area (Å²) in [4.78, 5) is 9.76. The zero-order valence-electron chi connectivity index (χ0n) is 7.15. The van der Waals surface area contributed by atoms with Gasteiger partial charge >= 0.3 is 28.3 Å². The molecule has 0 heterocycles. The number of rotatable bonds is 4. The molecule has 3 heteroatoms. The van der Waals surface area contributed by atoms with Gasteiger partial charge in [-0.05, 0) is 12.8 Å². The second-order valence-corrected chi connectivity index (χ2v) is 2.71. The van der Waals surface area contributed by atoms with E-state index in [2.05, 4.69) is 16.0 Å². The van der Waals surface area contributed by atoms with E-state index in [0.29, 0.717) is 0 Å². The van der Waals surface area contributed by atoms with Crippen molar-refractivity contribution >= 4 is 5.97 Å². The average Bonchev–Trinajstić information content (AvgIpc) is 1.89. The standard InChI is InChI=1S/C6H12O2.C2H5.Cu/c1-2-3-4-5-6(7)8;1-2;/h2-5H2,1H3,(H,7,8);1H2,2H3;/q;;+1/p-1. The minimum absolute atomic E-state index is 0.216. The van der Waals surface area contributed by atoms with E-state index in [-0.39, 0.29) is 6.42 Å². The number of unbranched alkanes of at least 4 members (excludes halogenated alkanes) is 2. The van der Waals surface area contributed by atoms with Gasteiger partial charge in [-0.25, -0.2) is 0 Å². The number of carboxylic acid groups (broad SMARTS) is 1. The maximum atomic E-state index is 9.76. The van der Waals surface area contributed by atoms with Crippen LogP contribution in [0.4, 0.5) is 0 Å². The summed E-state index contributed by atoms with van der Waals surface area (Å²) < 4.78 is 0. The monoisotopic (exact) mass is 207 g/mol. The van der Waals surface area contributed by atoms with Gasteiger partial charge in [-0.3, -0.25) is 0 Å².